The molecule has 0 heterocycles. The zero-order valence-electron chi connectivity index (χ0n) is 7.88. The van der Waals surface area contributed by atoms with Gasteiger partial charge in [-0.2, -0.15) is 0 Å². The molecule has 1 aromatic rings. The lowest BCUT2D eigenvalue weighted by Crippen LogP contribution is -2.28. The van der Waals surface area contributed by atoms with Gasteiger partial charge in [0.1, 0.15) is 4.87 Å². The normalized spacial score (nSPS) is 15.0. The van der Waals surface area contributed by atoms with E-state index in [2.05, 4.69) is 0 Å². The molecule has 1 atom stereocenters. The zero-order chi connectivity index (χ0) is 9.90. The van der Waals surface area contributed by atoms with Gasteiger partial charge in [0, 0.05) is 0 Å². The van der Waals surface area contributed by atoms with E-state index in [0.29, 0.717) is 6.42 Å². The molecule has 0 spiro atoms. The third-order valence-electron chi connectivity index (χ3n) is 2.11. The largest absolute Gasteiger partial charge is 0.298 e. The highest BCUT2D eigenvalue weighted by Crippen LogP contribution is 2.21. The molecule has 0 N–H and O–H groups in total. The third-order valence-corrected chi connectivity index (χ3v) is 2.51. The maximum absolute atomic E-state index is 11.1. The first kappa shape index (κ1) is 10.3. The van der Waals surface area contributed by atoms with Crippen LogP contribution >= 0.6 is 11.6 Å². The van der Waals surface area contributed by atoms with E-state index in [-0.39, 0.29) is 5.78 Å². The predicted octanol–water partition coefficient (Wildman–Crippen LogP) is 2.82. The lowest BCUT2D eigenvalue weighted by Gasteiger charge is -2.17. The second-order valence-electron chi connectivity index (χ2n) is 3.42. The zero-order valence-corrected chi connectivity index (χ0v) is 8.64. The predicted molar refractivity (Wildman–Crippen MR) is 55.1 cm³/mol. The van der Waals surface area contributed by atoms with Crippen LogP contribution in [-0.2, 0) is 11.2 Å². The molecular formula is C11H13ClO. The minimum Gasteiger partial charge on any atom is -0.298 e. The highest BCUT2D eigenvalue weighted by Gasteiger charge is 2.26. The molecule has 0 bridgehead atoms. The SMILES string of the molecule is CC(=O)[C@@](C)(Cl)Cc1ccccc1. The van der Waals surface area contributed by atoms with Crippen LogP contribution in [0.4, 0.5) is 0 Å². The fraction of sp³-hybridized carbons (Fsp3) is 0.364. The Bertz CT molecular complexity index is 290. The van der Waals surface area contributed by atoms with E-state index in [1.54, 1.807) is 6.92 Å². The van der Waals surface area contributed by atoms with Crippen LogP contribution in [0.25, 0.3) is 0 Å². The molecule has 2 heteroatoms. The van der Waals surface area contributed by atoms with Crippen LogP contribution in [0, 0.1) is 0 Å². The molecule has 0 aliphatic carbocycles. The maximum Gasteiger partial charge on any atom is 0.150 e. The van der Waals surface area contributed by atoms with Crippen molar-refractivity contribution in [3.8, 4) is 0 Å². The molecule has 13 heavy (non-hydrogen) atoms. The summed E-state index contributed by atoms with van der Waals surface area (Å²) in [4.78, 5) is 10.4. The smallest absolute Gasteiger partial charge is 0.150 e. The number of carbonyl (C=O) groups is 1. The molecular weight excluding hydrogens is 184 g/mol. The van der Waals surface area contributed by atoms with Gasteiger partial charge in [0.05, 0.1) is 0 Å². The van der Waals surface area contributed by atoms with Gasteiger partial charge < -0.3 is 0 Å². The number of halogens is 1. The highest BCUT2D eigenvalue weighted by atomic mass is 35.5. The molecule has 0 fully saturated rings. The third kappa shape index (κ3) is 2.85. The number of alkyl halides is 1. The Balaban J connectivity index is 2.75. The van der Waals surface area contributed by atoms with Crippen molar-refractivity contribution in [1.82, 2.24) is 0 Å². The molecule has 70 valence electrons. The number of hydrogen-bond acceptors (Lipinski definition) is 1. The molecule has 0 saturated carbocycles. The summed E-state index contributed by atoms with van der Waals surface area (Å²) in [6.07, 6.45) is 0.588. The standard InChI is InChI=1S/C11H13ClO/c1-9(13)11(2,12)8-10-6-4-3-5-7-10/h3-7H,8H2,1-2H3/t11-/m0/s1. The van der Waals surface area contributed by atoms with Crippen molar-refractivity contribution in [1.29, 1.82) is 0 Å². The van der Waals surface area contributed by atoms with Crippen LogP contribution in [0.2, 0.25) is 0 Å². The number of benzene rings is 1. The van der Waals surface area contributed by atoms with E-state index in [4.69, 9.17) is 11.6 Å². The number of ketones is 1. The quantitative estimate of drug-likeness (QED) is 0.680. The summed E-state index contributed by atoms with van der Waals surface area (Å²) in [6.45, 7) is 3.28. The number of hydrogen-bond donors (Lipinski definition) is 0. The molecule has 0 amide bonds. The van der Waals surface area contributed by atoms with Crippen LogP contribution in [0.15, 0.2) is 30.3 Å². The number of carbonyl (C=O) groups excluding carboxylic acids is 1. The summed E-state index contributed by atoms with van der Waals surface area (Å²) >= 11 is 6.06. The Hall–Kier alpha value is -0.820. The molecule has 0 aromatic heterocycles. The Morgan fingerprint density at radius 1 is 1.38 bits per heavy atom. The molecule has 1 nitrogen and oxygen atoms in total. The van der Waals surface area contributed by atoms with E-state index < -0.39 is 4.87 Å². The summed E-state index contributed by atoms with van der Waals surface area (Å²) in [5, 5.41) is 0. The van der Waals surface area contributed by atoms with Crippen molar-refractivity contribution < 1.29 is 4.79 Å². The van der Waals surface area contributed by atoms with E-state index in [1.807, 2.05) is 30.3 Å². The molecule has 0 aliphatic rings. The number of rotatable bonds is 3. The average Bonchev–Trinajstić information content (AvgIpc) is 2.05. The second kappa shape index (κ2) is 3.93. The van der Waals surface area contributed by atoms with E-state index in [1.165, 1.54) is 6.92 Å². The highest BCUT2D eigenvalue weighted by molar-refractivity contribution is 6.34. The van der Waals surface area contributed by atoms with Gasteiger partial charge in [-0.05, 0) is 25.8 Å². The molecule has 1 rings (SSSR count). The minimum atomic E-state index is -0.763. The maximum atomic E-state index is 11.1. The lowest BCUT2D eigenvalue weighted by atomic mass is 9.97. The molecule has 1 aromatic carbocycles. The van der Waals surface area contributed by atoms with Crippen molar-refractivity contribution >= 4 is 17.4 Å². The first-order valence-electron chi connectivity index (χ1n) is 4.26. The summed E-state index contributed by atoms with van der Waals surface area (Å²) in [6, 6.07) is 9.79. The van der Waals surface area contributed by atoms with Crippen molar-refractivity contribution in [3.05, 3.63) is 35.9 Å². The van der Waals surface area contributed by atoms with Crippen LogP contribution in [-0.4, -0.2) is 10.7 Å². The van der Waals surface area contributed by atoms with Gasteiger partial charge in [-0.3, -0.25) is 4.79 Å². The first-order valence-corrected chi connectivity index (χ1v) is 4.64. The van der Waals surface area contributed by atoms with E-state index >= 15 is 0 Å². The van der Waals surface area contributed by atoms with Crippen LogP contribution < -0.4 is 0 Å². The second-order valence-corrected chi connectivity index (χ2v) is 4.25. The summed E-state index contributed by atoms with van der Waals surface area (Å²) in [5.41, 5.74) is 1.09. The molecule has 0 unspecified atom stereocenters. The number of Topliss-reactive ketones (excluding diaryl/α,β-unsaturated/α-hetero) is 1. The van der Waals surface area contributed by atoms with Crippen molar-refractivity contribution in [2.75, 3.05) is 0 Å². The Kier molecular flexibility index (Phi) is 3.10. The fourth-order valence-corrected chi connectivity index (χ4v) is 1.26. The van der Waals surface area contributed by atoms with Gasteiger partial charge in [0.25, 0.3) is 0 Å². The Labute approximate surface area is 83.7 Å². The van der Waals surface area contributed by atoms with E-state index in [0.717, 1.165) is 5.56 Å². The molecule has 0 radical (unpaired) electrons. The van der Waals surface area contributed by atoms with Gasteiger partial charge >= 0.3 is 0 Å². The Morgan fingerprint density at radius 2 is 1.92 bits per heavy atom. The Morgan fingerprint density at radius 3 is 2.38 bits per heavy atom. The minimum absolute atomic E-state index is 0.0121. The molecule has 0 aliphatic heterocycles. The van der Waals surface area contributed by atoms with Gasteiger partial charge in [-0.1, -0.05) is 30.3 Å². The van der Waals surface area contributed by atoms with Crippen LogP contribution in [0.5, 0.6) is 0 Å². The van der Waals surface area contributed by atoms with Gasteiger partial charge in [0.2, 0.25) is 0 Å². The van der Waals surface area contributed by atoms with Crippen molar-refractivity contribution in [3.63, 3.8) is 0 Å². The van der Waals surface area contributed by atoms with Crippen molar-refractivity contribution in [2.24, 2.45) is 0 Å². The van der Waals surface area contributed by atoms with Crippen molar-refractivity contribution in [2.45, 2.75) is 25.1 Å². The average molecular weight is 197 g/mol. The molecule has 0 saturated heterocycles. The fourth-order valence-electron chi connectivity index (χ4n) is 1.10. The summed E-state index contributed by atoms with van der Waals surface area (Å²) in [7, 11) is 0. The van der Waals surface area contributed by atoms with Gasteiger partial charge in [-0.25, -0.2) is 0 Å². The van der Waals surface area contributed by atoms with E-state index in [9.17, 15) is 4.79 Å². The van der Waals surface area contributed by atoms with Crippen LogP contribution in [0.1, 0.15) is 19.4 Å². The first-order chi connectivity index (χ1) is 6.02. The monoisotopic (exact) mass is 196 g/mol. The van der Waals surface area contributed by atoms with Gasteiger partial charge in [-0.15, -0.1) is 11.6 Å². The summed E-state index contributed by atoms with van der Waals surface area (Å²) < 4.78 is 0. The van der Waals surface area contributed by atoms with Gasteiger partial charge in [0.15, 0.2) is 5.78 Å². The van der Waals surface area contributed by atoms with Crippen LogP contribution in [0.3, 0.4) is 0 Å². The topological polar surface area (TPSA) is 17.1 Å². The lowest BCUT2D eigenvalue weighted by molar-refractivity contribution is -0.119. The summed E-state index contributed by atoms with van der Waals surface area (Å²) in [5.74, 6) is 0.0121.